The Kier molecular flexibility index (Phi) is 5.32. The van der Waals surface area contributed by atoms with Gasteiger partial charge in [0.2, 0.25) is 0 Å². The number of halogens is 1. The minimum Gasteiger partial charge on any atom is -0.487 e. The summed E-state index contributed by atoms with van der Waals surface area (Å²) in [6.45, 7) is 7.21. The van der Waals surface area contributed by atoms with Gasteiger partial charge < -0.3 is 10.1 Å². The second-order valence-electron chi connectivity index (χ2n) is 6.82. The predicted molar refractivity (Wildman–Crippen MR) is 108 cm³/mol. The van der Waals surface area contributed by atoms with Gasteiger partial charge in [0.15, 0.2) is 28.8 Å². The molecule has 0 spiro atoms. The lowest BCUT2D eigenvalue weighted by Gasteiger charge is -2.19. The lowest BCUT2D eigenvalue weighted by molar-refractivity contribution is -0.120. The molecule has 156 valence electrons. The molecule has 0 saturated heterocycles. The first kappa shape index (κ1) is 20.0. The summed E-state index contributed by atoms with van der Waals surface area (Å²) in [5, 5.41) is 6.49. The van der Waals surface area contributed by atoms with Crippen LogP contribution in [-0.2, 0) is 11.3 Å². The molecule has 9 nitrogen and oxygen atoms in total. The van der Waals surface area contributed by atoms with E-state index in [-0.39, 0.29) is 13.2 Å². The molecule has 1 N–H and O–H groups in total. The Morgan fingerprint density at radius 1 is 1.35 bits per heavy atom. The number of carbonyl (C=O) groups is 2. The number of aromatic nitrogens is 3. The van der Waals surface area contributed by atoms with Gasteiger partial charge in [-0.1, -0.05) is 24.3 Å². The van der Waals surface area contributed by atoms with E-state index in [4.69, 9.17) is 11.3 Å². The van der Waals surface area contributed by atoms with Crippen molar-refractivity contribution >= 4 is 23.3 Å². The smallest absolute Gasteiger partial charge is 0.275 e. The predicted octanol–water partition coefficient (Wildman–Crippen LogP) is 2.17. The van der Waals surface area contributed by atoms with Gasteiger partial charge in [0, 0.05) is 13.2 Å². The number of para-hydroxylation sites is 1. The molecule has 0 saturated carbocycles. The van der Waals surface area contributed by atoms with Crippen LogP contribution in [0, 0.1) is 12.4 Å². The van der Waals surface area contributed by atoms with Crippen LogP contribution in [0.1, 0.15) is 16.1 Å². The molecule has 31 heavy (non-hydrogen) atoms. The van der Waals surface area contributed by atoms with E-state index in [9.17, 15) is 14.0 Å². The molecule has 0 fully saturated rings. The summed E-state index contributed by atoms with van der Waals surface area (Å²) in [6.07, 6.45) is 2.60. The van der Waals surface area contributed by atoms with E-state index < -0.39 is 29.4 Å². The number of hydrogen-bond donors (Lipinski definition) is 1. The standard InChI is InChI=1S/C21H17FN6O3/c1-23-15-7-4-3-6-13(15)10-28-11-14(22)18(26-28)20(29)25-16-12-31-17-8-5-9-24-19(17)27(2)21(16)30/h3-9,11,16H,10,12H2,2H3,(H,25,29)/t16-/m0/s1. The minimum absolute atomic E-state index is 0.123. The number of nitrogens with zero attached hydrogens (tertiary/aromatic N) is 5. The van der Waals surface area contributed by atoms with Crippen LogP contribution in [0.3, 0.4) is 0 Å². The molecule has 2 aromatic heterocycles. The molecule has 0 radical (unpaired) electrons. The van der Waals surface area contributed by atoms with Crippen LogP contribution >= 0.6 is 0 Å². The number of likely N-dealkylation sites (N-methyl/N-ethyl adjacent to an activating group) is 1. The van der Waals surface area contributed by atoms with Crippen LogP contribution in [0.5, 0.6) is 5.75 Å². The van der Waals surface area contributed by atoms with Crippen molar-refractivity contribution in [3.05, 3.63) is 77.3 Å². The maximum absolute atomic E-state index is 14.4. The summed E-state index contributed by atoms with van der Waals surface area (Å²) in [4.78, 5) is 34.2. The number of anilines is 1. The average molecular weight is 420 g/mol. The van der Waals surface area contributed by atoms with Gasteiger partial charge in [-0.15, -0.1) is 0 Å². The fourth-order valence-corrected chi connectivity index (χ4v) is 3.22. The van der Waals surface area contributed by atoms with Crippen molar-refractivity contribution in [1.29, 1.82) is 0 Å². The highest BCUT2D eigenvalue weighted by atomic mass is 19.1. The summed E-state index contributed by atoms with van der Waals surface area (Å²) in [5.41, 5.74) is 0.614. The number of carbonyl (C=O) groups excluding carboxylic acids is 2. The van der Waals surface area contributed by atoms with Gasteiger partial charge in [-0.25, -0.2) is 14.2 Å². The van der Waals surface area contributed by atoms with Gasteiger partial charge in [-0.2, -0.15) is 5.10 Å². The van der Waals surface area contributed by atoms with Crippen LogP contribution in [0.2, 0.25) is 0 Å². The normalized spacial score (nSPS) is 15.5. The summed E-state index contributed by atoms with van der Waals surface area (Å²) in [6, 6.07) is 9.17. The van der Waals surface area contributed by atoms with Gasteiger partial charge in [-0.3, -0.25) is 19.2 Å². The monoisotopic (exact) mass is 420 g/mol. The van der Waals surface area contributed by atoms with E-state index >= 15 is 0 Å². The zero-order valence-corrected chi connectivity index (χ0v) is 16.4. The summed E-state index contributed by atoms with van der Waals surface area (Å²) in [7, 11) is 1.52. The molecular formula is C21H17FN6O3. The number of ether oxygens (including phenoxy) is 1. The van der Waals surface area contributed by atoms with Gasteiger partial charge in [-0.05, 0) is 17.7 Å². The Morgan fingerprint density at radius 2 is 2.16 bits per heavy atom. The maximum Gasteiger partial charge on any atom is 0.275 e. The van der Waals surface area contributed by atoms with E-state index in [1.54, 1.807) is 36.4 Å². The third-order valence-electron chi connectivity index (χ3n) is 4.78. The third-order valence-corrected chi connectivity index (χ3v) is 4.78. The number of hydrogen-bond acceptors (Lipinski definition) is 5. The van der Waals surface area contributed by atoms with E-state index in [0.29, 0.717) is 22.8 Å². The highest BCUT2D eigenvalue weighted by molar-refractivity contribution is 6.02. The second kappa shape index (κ2) is 8.23. The third kappa shape index (κ3) is 3.93. The van der Waals surface area contributed by atoms with Crippen molar-refractivity contribution < 1.29 is 18.7 Å². The summed E-state index contributed by atoms with van der Waals surface area (Å²) in [5.74, 6) is -1.39. The van der Waals surface area contributed by atoms with Gasteiger partial charge in [0.25, 0.3) is 11.8 Å². The lowest BCUT2D eigenvalue weighted by Crippen LogP contribution is -2.49. The van der Waals surface area contributed by atoms with Crippen molar-refractivity contribution in [3.8, 4) is 5.75 Å². The number of benzene rings is 1. The topological polar surface area (TPSA) is 93.7 Å². The Labute approximate surface area is 176 Å². The first-order valence-electron chi connectivity index (χ1n) is 9.32. The van der Waals surface area contributed by atoms with E-state index in [2.05, 4.69) is 20.2 Å². The largest absolute Gasteiger partial charge is 0.487 e. The molecule has 10 heteroatoms. The van der Waals surface area contributed by atoms with Crippen molar-refractivity contribution in [2.24, 2.45) is 0 Å². The van der Waals surface area contributed by atoms with E-state index in [1.165, 1.54) is 22.8 Å². The van der Waals surface area contributed by atoms with Crippen LogP contribution in [0.15, 0.2) is 48.8 Å². The van der Waals surface area contributed by atoms with Crippen molar-refractivity contribution in [2.45, 2.75) is 12.6 Å². The van der Waals surface area contributed by atoms with E-state index in [1.807, 2.05) is 0 Å². The molecular weight excluding hydrogens is 403 g/mol. The van der Waals surface area contributed by atoms with Gasteiger partial charge in [0.05, 0.1) is 19.3 Å². The Bertz CT molecular complexity index is 1200. The number of amides is 2. The summed E-state index contributed by atoms with van der Waals surface area (Å²) < 4.78 is 21.3. The molecule has 3 heterocycles. The van der Waals surface area contributed by atoms with Crippen LogP contribution < -0.4 is 15.0 Å². The number of rotatable bonds is 4. The highest BCUT2D eigenvalue weighted by Gasteiger charge is 2.32. The zero-order chi connectivity index (χ0) is 22.0. The average Bonchev–Trinajstić information content (AvgIpc) is 3.10. The zero-order valence-electron chi connectivity index (χ0n) is 16.4. The van der Waals surface area contributed by atoms with E-state index in [0.717, 1.165) is 6.20 Å². The fourth-order valence-electron chi connectivity index (χ4n) is 3.22. The Morgan fingerprint density at radius 3 is 2.97 bits per heavy atom. The summed E-state index contributed by atoms with van der Waals surface area (Å²) >= 11 is 0. The molecule has 1 aliphatic rings. The van der Waals surface area contributed by atoms with Crippen molar-refractivity contribution in [2.75, 3.05) is 18.6 Å². The molecule has 0 unspecified atom stereocenters. The molecule has 0 aliphatic carbocycles. The molecule has 0 bridgehead atoms. The Balaban J connectivity index is 1.51. The van der Waals surface area contributed by atoms with Crippen LogP contribution in [-0.4, -0.2) is 46.3 Å². The fraction of sp³-hybridized carbons (Fsp3) is 0.190. The molecule has 3 aromatic rings. The first-order valence-corrected chi connectivity index (χ1v) is 9.32. The number of nitrogens with one attached hydrogen (secondary N) is 1. The molecule has 1 aromatic carbocycles. The molecule has 1 aliphatic heterocycles. The molecule has 2 amide bonds. The molecule has 1 atom stereocenters. The lowest BCUT2D eigenvalue weighted by atomic mass is 10.2. The Hall–Kier alpha value is -4.26. The van der Waals surface area contributed by atoms with Crippen molar-refractivity contribution in [3.63, 3.8) is 0 Å². The molecule has 4 rings (SSSR count). The number of fused-ring (bicyclic) bond motifs is 1. The second-order valence-corrected chi connectivity index (χ2v) is 6.82. The van der Waals surface area contributed by atoms with Crippen molar-refractivity contribution in [1.82, 2.24) is 20.1 Å². The quantitative estimate of drug-likeness (QED) is 0.653. The first-order chi connectivity index (χ1) is 15.0. The van der Waals surface area contributed by atoms with Gasteiger partial charge >= 0.3 is 0 Å². The van der Waals surface area contributed by atoms with Crippen LogP contribution in [0.4, 0.5) is 15.9 Å². The van der Waals surface area contributed by atoms with Crippen LogP contribution in [0.25, 0.3) is 4.85 Å². The minimum atomic E-state index is -1.04. The highest BCUT2D eigenvalue weighted by Crippen LogP contribution is 2.27. The number of pyridine rings is 1. The van der Waals surface area contributed by atoms with Gasteiger partial charge in [0.1, 0.15) is 12.6 Å². The SMILES string of the molecule is [C-]#[N+]c1ccccc1Cn1cc(F)c(C(=O)N[C@H]2COc3cccnc3N(C)C2=O)n1. The maximum atomic E-state index is 14.4.